The van der Waals surface area contributed by atoms with Gasteiger partial charge >= 0.3 is 5.97 Å². The highest BCUT2D eigenvalue weighted by atomic mass is 32.1. The minimum absolute atomic E-state index is 0.0162. The van der Waals surface area contributed by atoms with Crippen LogP contribution in [0.5, 0.6) is 0 Å². The van der Waals surface area contributed by atoms with Crippen molar-refractivity contribution in [3.05, 3.63) is 16.0 Å². The molecule has 1 aromatic heterocycles. The van der Waals surface area contributed by atoms with Crippen LogP contribution in [0.25, 0.3) is 0 Å². The Morgan fingerprint density at radius 3 is 2.19 bits per heavy atom. The standard InChI is InChI=1S/C20H30N2O4S/c1-11(2)22(12(3)4)19(24)13(5)26-20(25)17-15-9-7-8-10-16(15)27-18(17)21-14(6)23/h11-13H,7-10H2,1-6H3,(H,21,23)/t13-/m1/s1. The molecule has 2 rings (SSSR count). The lowest BCUT2D eigenvalue weighted by molar-refractivity contribution is -0.143. The maximum absolute atomic E-state index is 12.9. The molecule has 1 aromatic rings. The molecule has 1 N–H and O–H groups in total. The maximum Gasteiger partial charge on any atom is 0.342 e. The Labute approximate surface area is 165 Å². The Bertz CT molecular complexity index is 716. The number of thiophene rings is 1. The van der Waals surface area contributed by atoms with Gasteiger partial charge in [0.25, 0.3) is 5.91 Å². The Kier molecular flexibility index (Phi) is 7.03. The molecule has 7 heteroatoms. The van der Waals surface area contributed by atoms with Crippen molar-refractivity contribution in [2.75, 3.05) is 5.32 Å². The van der Waals surface area contributed by atoms with Gasteiger partial charge in [0.05, 0.1) is 5.56 Å². The SMILES string of the molecule is CC(=O)Nc1sc2c(c1C(=O)O[C@H](C)C(=O)N(C(C)C)C(C)C)CCCC2. The lowest BCUT2D eigenvalue weighted by Gasteiger charge is -2.32. The molecule has 150 valence electrons. The van der Waals surface area contributed by atoms with Gasteiger partial charge in [-0.15, -0.1) is 11.3 Å². The van der Waals surface area contributed by atoms with Crippen LogP contribution in [0.15, 0.2) is 0 Å². The number of fused-ring (bicyclic) bond motifs is 1. The number of esters is 1. The quantitative estimate of drug-likeness (QED) is 0.745. The van der Waals surface area contributed by atoms with Crippen molar-refractivity contribution < 1.29 is 19.1 Å². The first kappa shape index (κ1) is 21.4. The van der Waals surface area contributed by atoms with Crippen molar-refractivity contribution in [2.24, 2.45) is 0 Å². The average molecular weight is 395 g/mol. The van der Waals surface area contributed by atoms with Gasteiger partial charge in [0.15, 0.2) is 6.10 Å². The van der Waals surface area contributed by atoms with E-state index in [1.807, 2.05) is 27.7 Å². The zero-order valence-corrected chi connectivity index (χ0v) is 17.9. The molecule has 0 unspecified atom stereocenters. The lowest BCUT2D eigenvalue weighted by atomic mass is 9.95. The predicted octanol–water partition coefficient (Wildman–Crippen LogP) is 3.78. The molecule has 0 bridgehead atoms. The van der Waals surface area contributed by atoms with Gasteiger partial charge in [-0.3, -0.25) is 9.59 Å². The van der Waals surface area contributed by atoms with Crippen LogP contribution in [0.1, 0.15) is 75.2 Å². The summed E-state index contributed by atoms with van der Waals surface area (Å²) in [5, 5.41) is 3.29. The molecule has 0 radical (unpaired) electrons. The molecule has 0 saturated carbocycles. The molecule has 1 atom stereocenters. The van der Waals surface area contributed by atoms with Crippen molar-refractivity contribution in [1.82, 2.24) is 4.90 Å². The Balaban J connectivity index is 2.25. The summed E-state index contributed by atoms with van der Waals surface area (Å²) in [6.45, 7) is 10.8. The van der Waals surface area contributed by atoms with E-state index in [-0.39, 0.29) is 23.9 Å². The van der Waals surface area contributed by atoms with Crippen LogP contribution >= 0.6 is 11.3 Å². The first-order valence-corrected chi connectivity index (χ1v) is 10.4. The fourth-order valence-corrected chi connectivity index (χ4v) is 4.94. The minimum Gasteiger partial charge on any atom is -0.449 e. The molecule has 0 fully saturated rings. The summed E-state index contributed by atoms with van der Waals surface area (Å²) in [7, 11) is 0. The first-order valence-electron chi connectivity index (χ1n) is 9.58. The second-order valence-electron chi connectivity index (χ2n) is 7.58. The summed E-state index contributed by atoms with van der Waals surface area (Å²) in [6, 6.07) is 0.0324. The number of carbonyl (C=O) groups excluding carboxylic acids is 3. The van der Waals surface area contributed by atoms with Gasteiger partial charge in [-0.2, -0.15) is 0 Å². The van der Waals surface area contributed by atoms with E-state index in [1.54, 1.807) is 11.8 Å². The van der Waals surface area contributed by atoms with E-state index < -0.39 is 12.1 Å². The summed E-state index contributed by atoms with van der Waals surface area (Å²) >= 11 is 1.44. The third kappa shape index (κ3) is 4.89. The van der Waals surface area contributed by atoms with Gasteiger partial charge in [-0.1, -0.05) is 0 Å². The highest BCUT2D eigenvalue weighted by Gasteiger charge is 2.31. The molecular formula is C20H30N2O4S. The lowest BCUT2D eigenvalue weighted by Crippen LogP contribution is -2.47. The third-order valence-corrected chi connectivity index (χ3v) is 5.87. The zero-order chi connectivity index (χ0) is 20.3. The molecule has 6 nitrogen and oxygen atoms in total. The van der Waals surface area contributed by atoms with E-state index in [4.69, 9.17) is 4.74 Å². The number of carbonyl (C=O) groups is 3. The maximum atomic E-state index is 12.9. The smallest absolute Gasteiger partial charge is 0.342 e. The molecule has 27 heavy (non-hydrogen) atoms. The highest BCUT2D eigenvalue weighted by molar-refractivity contribution is 7.17. The van der Waals surface area contributed by atoms with E-state index in [9.17, 15) is 14.4 Å². The van der Waals surface area contributed by atoms with Crippen molar-refractivity contribution in [1.29, 1.82) is 0 Å². The molecule has 0 aliphatic heterocycles. The number of hydrogen-bond donors (Lipinski definition) is 1. The van der Waals surface area contributed by atoms with Gasteiger partial charge in [0.1, 0.15) is 5.00 Å². The predicted molar refractivity (Wildman–Crippen MR) is 107 cm³/mol. The zero-order valence-electron chi connectivity index (χ0n) is 17.0. The molecule has 0 saturated heterocycles. The van der Waals surface area contributed by atoms with Gasteiger partial charge < -0.3 is 15.0 Å². The number of nitrogens with zero attached hydrogens (tertiary/aromatic N) is 1. The Morgan fingerprint density at radius 1 is 1.04 bits per heavy atom. The number of anilines is 1. The molecule has 1 aliphatic carbocycles. The minimum atomic E-state index is -0.883. The normalized spacial score (nSPS) is 14.7. The van der Waals surface area contributed by atoms with Crippen molar-refractivity contribution >= 4 is 34.1 Å². The molecular weight excluding hydrogens is 364 g/mol. The topological polar surface area (TPSA) is 75.7 Å². The number of nitrogens with one attached hydrogen (secondary N) is 1. The monoisotopic (exact) mass is 394 g/mol. The number of aryl methyl sites for hydroxylation is 1. The van der Waals surface area contributed by atoms with Crippen LogP contribution in [-0.4, -0.2) is 40.9 Å². The highest BCUT2D eigenvalue weighted by Crippen LogP contribution is 2.38. The summed E-state index contributed by atoms with van der Waals surface area (Å²) in [6.07, 6.45) is 2.90. The second-order valence-corrected chi connectivity index (χ2v) is 8.68. The fourth-order valence-electron chi connectivity index (χ4n) is 3.61. The van der Waals surface area contributed by atoms with Crippen LogP contribution in [0.4, 0.5) is 5.00 Å². The number of amides is 2. The van der Waals surface area contributed by atoms with E-state index in [2.05, 4.69) is 5.32 Å². The average Bonchev–Trinajstić information content (AvgIpc) is 2.90. The van der Waals surface area contributed by atoms with Gasteiger partial charge in [-0.05, 0) is 65.9 Å². The number of ether oxygens (including phenoxy) is 1. The van der Waals surface area contributed by atoms with E-state index >= 15 is 0 Å². The van der Waals surface area contributed by atoms with E-state index in [1.165, 1.54) is 18.3 Å². The summed E-state index contributed by atoms with van der Waals surface area (Å²) in [4.78, 5) is 40.1. The van der Waals surface area contributed by atoms with Crippen molar-refractivity contribution in [3.8, 4) is 0 Å². The van der Waals surface area contributed by atoms with Crippen molar-refractivity contribution in [2.45, 2.75) is 85.4 Å². The van der Waals surface area contributed by atoms with Gasteiger partial charge in [-0.25, -0.2) is 4.79 Å². The number of rotatable bonds is 6. The molecule has 0 aromatic carbocycles. The summed E-state index contributed by atoms with van der Waals surface area (Å²) < 4.78 is 5.55. The molecule has 1 aliphatic rings. The first-order chi connectivity index (χ1) is 12.6. The third-order valence-electron chi connectivity index (χ3n) is 4.66. The summed E-state index contributed by atoms with van der Waals surface area (Å²) in [5.41, 5.74) is 1.38. The largest absolute Gasteiger partial charge is 0.449 e. The van der Waals surface area contributed by atoms with Gasteiger partial charge in [0, 0.05) is 23.9 Å². The van der Waals surface area contributed by atoms with Crippen molar-refractivity contribution in [3.63, 3.8) is 0 Å². The molecule has 1 heterocycles. The van der Waals surface area contributed by atoms with Gasteiger partial charge in [0.2, 0.25) is 5.91 Å². The molecule has 2 amide bonds. The second kappa shape index (κ2) is 8.87. The summed E-state index contributed by atoms with van der Waals surface area (Å²) in [5.74, 6) is -0.970. The van der Waals surface area contributed by atoms with Crippen LogP contribution in [0.2, 0.25) is 0 Å². The fraction of sp³-hybridized carbons (Fsp3) is 0.650. The van der Waals surface area contributed by atoms with Crippen LogP contribution < -0.4 is 5.32 Å². The van der Waals surface area contributed by atoms with E-state index in [0.29, 0.717) is 10.6 Å². The molecule has 0 spiro atoms. The Morgan fingerprint density at radius 2 is 1.63 bits per heavy atom. The number of hydrogen-bond acceptors (Lipinski definition) is 5. The van der Waals surface area contributed by atoms with Crippen LogP contribution in [0.3, 0.4) is 0 Å². The van der Waals surface area contributed by atoms with Crippen LogP contribution in [0, 0.1) is 0 Å². The van der Waals surface area contributed by atoms with E-state index in [0.717, 1.165) is 36.1 Å². The van der Waals surface area contributed by atoms with Crippen LogP contribution in [-0.2, 0) is 27.2 Å². The Hall–Kier alpha value is -1.89.